The van der Waals surface area contributed by atoms with Crippen LogP contribution in [0.5, 0.6) is 5.75 Å². The van der Waals surface area contributed by atoms with Gasteiger partial charge in [0.15, 0.2) is 0 Å². The van der Waals surface area contributed by atoms with Gasteiger partial charge in [-0.15, -0.1) is 0 Å². The molecule has 3 heteroatoms. The lowest BCUT2D eigenvalue weighted by Gasteiger charge is -2.30. The summed E-state index contributed by atoms with van der Waals surface area (Å²) in [6.07, 6.45) is 7.09. The second-order valence-corrected chi connectivity index (χ2v) is 6.15. The molecular weight excluding hydrogens is 254 g/mol. The van der Waals surface area contributed by atoms with Gasteiger partial charge >= 0.3 is 0 Å². The first-order valence-electron chi connectivity index (χ1n) is 7.20. The summed E-state index contributed by atoms with van der Waals surface area (Å²) < 4.78 is 5.33. The molecule has 1 N–H and O–H groups in total. The topological polar surface area (TPSA) is 21.3 Å². The van der Waals surface area contributed by atoms with Gasteiger partial charge in [0.2, 0.25) is 0 Å². The van der Waals surface area contributed by atoms with Crippen molar-refractivity contribution in [3.05, 3.63) is 29.3 Å². The van der Waals surface area contributed by atoms with E-state index in [0.29, 0.717) is 12.1 Å². The van der Waals surface area contributed by atoms with Gasteiger partial charge in [-0.1, -0.05) is 13.0 Å². The minimum absolute atomic E-state index is 0.520. The fourth-order valence-electron chi connectivity index (χ4n) is 2.86. The van der Waals surface area contributed by atoms with Gasteiger partial charge in [-0.2, -0.15) is 11.8 Å². The quantitative estimate of drug-likeness (QED) is 0.855. The molecule has 0 amide bonds. The Morgan fingerprint density at radius 3 is 3.00 bits per heavy atom. The second-order valence-electron chi connectivity index (χ2n) is 5.24. The Bertz CT molecular complexity index is 408. The highest BCUT2D eigenvalue weighted by Gasteiger charge is 2.22. The molecule has 2 rings (SSSR count). The van der Waals surface area contributed by atoms with E-state index in [-0.39, 0.29) is 0 Å². The molecule has 2 nitrogen and oxygen atoms in total. The normalized spacial score (nSPS) is 19.8. The molecular formula is C16H25NOS. The number of ether oxygens (including phenoxy) is 1. The SMILES string of the molecule is CCC(CSC)NC1CCCc2cc(OC)ccc21. The van der Waals surface area contributed by atoms with Crippen LogP contribution >= 0.6 is 11.8 Å². The first-order chi connectivity index (χ1) is 9.28. The molecule has 0 aliphatic heterocycles. The Balaban J connectivity index is 2.13. The number of rotatable bonds is 6. The Morgan fingerprint density at radius 2 is 2.32 bits per heavy atom. The van der Waals surface area contributed by atoms with E-state index in [2.05, 4.69) is 36.7 Å². The lowest BCUT2D eigenvalue weighted by molar-refractivity contribution is 0.398. The standard InChI is InChI=1S/C16H25NOS/c1-4-13(11-19-3)17-16-7-5-6-12-10-14(18-2)8-9-15(12)16/h8-10,13,16-17H,4-7,11H2,1-3H3. The molecule has 1 aliphatic rings. The van der Waals surface area contributed by atoms with E-state index >= 15 is 0 Å². The van der Waals surface area contributed by atoms with Crippen molar-refractivity contribution in [2.45, 2.75) is 44.7 Å². The fourth-order valence-corrected chi connectivity index (χ4v) is 3.59. The molecule has 2 unspecified atom stereocenters. The summed E-state index contributed by atoms with van der Waals surface area (Å²) in [6, 6.07) is 7.68. The molecule has 1 aromatic carbocycles. The Morgan fingerprint density at radius 1 is 1.47 bits per heavy atom. The summed E-state index contributed by atoms with van der Waals surface area (Å²) in [4.78, 5) is 0. The van der Waals surface area contributed by atoms with Crippen molar-refractivity contribution in [1.29, 1.82) is 0 Å². The maximum atomic E-state index is 5.33. The molecule has 0 radical (unpaired) electrons. The van der Waals surface area contributed by atoms with Crippen LogP contribution in [0.3, 0.4) is 0 Å². The van der Waals surface area contributed by atoms with Crippen LogP contribution in [-0.2, 0) is 6.42 Å². The van der Waals surface area contributed by atoms with Crippen LogP contribution in [0.4, 0.5) is 0 Å². The molecule has 0 bridgehead atoms. The second kappa shape index (κ2) is 7.20. The fraction of sp³-hybridized carbons (Fsp3) is 0.625. The van der Waals surface area contributed by atoms with Crippen LogP contribution in [0.2, 0.25) is 0 Å². The Hall–Kier alpha value is -0.670. The molecule has 0 saturated carbocycles. The number of hydrogen-bond acceptors (Lipinski definition) is 3. The Kier molecular flexibility index (Phi) is 5.59. The van der Waals surface area contributed by atoms with Crippen molar-refractivity contribution in [3.8, 4) is 5.75 Å². The highest BCUT2D eigenvalue weighted by atomic mass is 32.2. The van der Waals surface area contributed by atoms with Gasteiger partial charge in [-0.25, -0.2) is 0 Å². The van der Waals surface area contributed by atoms with E-state index in [4.69, 9.17) is 4.74 Å². The third-order valence-electron chi connectivity index (χ3n) is 3.96. The summed E-state index contributed by atoms with van der Waals surface area (Å²) in [7, 11) is 1.74. The molecule has 0 fully saturated rings. The minimum Gasteiger partial charge on any atom is -0.497 e. The van der Waals surface area contributed by atoms with Crippen LogP contribution in [0.25, 0.3) is 0 Å². The van der Waals surface area contributed by atoms with Crippen molar-refractivity contribution in [2.24, 2.45) is 0 Å². The van der Waals surface area contributed by atoms with E-state index < -0.39 is 0 Å². The Labute approximate surface area is 121 Å². The molecule has 19 heavy (non-hydrogen) atoms. The van der Waals surface area contributed by atoms with Crippen LogP contribution in [-0.4, -0.2) is 25.2 Å². The highest BCUT2D eigenvalue weighted by molar-refractivity contribution is 7.98. The van der Waals surface area contributed by atoms with Gasteiger partial charge in [0.05, 0.1) is 7.11 Å². The van der Waals surface area contributed by atoms with Crippen molar-refractivity contribution in [3.63, 3.8) is 0 Å². The maximum absolute atomic E-state index is 5.33. The van der Waals surface area contributed by atoms with Gasteiger partial charge in [0.1, 0.15) is 5.75 Å². The van der Waals surface area contributed by atoms with Crippen LogP contribution in [0.1, 0.15) is 43.4 Å². The summed E-state index contributed by atoms with van der Waals surface area (Å²) >= 11 is 1.93. The van der Waals surface area contributed by atoms with E-state index in [1.54, 1.807) is 7.11 Å². The number of methoxy groups -OCH3 is 1. The summed E-state index contributed by atoms with van der Waals surface area (Å²) in [6.45, 7) is 2.27. The predicted octanol–water partition coefficient (Wildman–Crippen LogP) is 3.80. The van der Waals surface area contributed by atoms with E-state index in [1.807, 2.05) is 11.8 Å². The zero-order chi connectivity index (χ0) is 13.7. The van der Waals surface area contributed by atoms with Gasteiger partial charge in [-0.3, -0.25) is 0 Å². The zero-order valence-corrected chi connectivity index (χ0v) is 13.1. The number of aryl methyl sites for hydroxylation is 1. The number of thioether (sulfide) groups is 1. The first-order valence-corrected chi connectivity index (χ1v) is 8.59. The molecule has 0 saturated heterocycles. The van der Waals surface area contributed by atoms with Gasteiger partial charge in [-0.05, 0) is 55.2 Å². The average Bonchev–Trinajstić information content (AvgIpc) is 2.46. The van der Waals surface area contributed by atoms with Crippen LogP contribution < -0.4 is 10.1 Å². The third-order valence-corrected chi connectivity index (χ3v) is 4.70. The van der Waals surface area contributed by atoms with Crippen molar-refractivity contribution >= 4 is 11.8 Å². The third kappa shape index (κ3) is 3.67. The molecule has 0 heterocycles. The largest absolute Gasteiger partial charge is 0.497 e. The van der Waals surface area contributed by atoms with Crippen molar-refractivity contribution in [1.82, 2.24) is 5.32 Å². The maximum Gasteiger partial charge on any atom is 0.119 e. The van der Waals surface area contributed by atoms with Gasteiger partial charge < -0.3 is 10.1 Å². The zero-order valence-electron chi connectivity index (χ0n) is 12.2. The predicted molar refractivity (Wildman–Crippen MR) is 84.3 cm³/mol. The lowest BCUT2D eigenvalue weighted by atomic mass is 9.87. The van der Waals surface area contributed by atoms with E-state index in [0.717, 1.165) is 5.75 Å². The lowest BCUT2D eigenvalue weighted by Crippen LogP contribution is -2.36. The van der Waals surface area contributed by atoms with Crippen molar-refractivity contribution in [2.75, 3.05) is 19.1 Å². The summed E-state index contributed by atoms with van der Waals surface area (Å²) in [5.74, 6) is 2.17. The molecule has 0 aromatic heterocycles. The first kappa shape index (κ1) is 14.7. The summed E-state index contributed by atoms with van der Waals surface area (Å²) in [5.41, 5.74) is 2.94. The molecule has 1 aromatic rings. The van der Waals surface area contributed by atoms with E-state index in [9.17, 15) is 0 Å². The number of hydrogen-bond donors (Lipinski definition) is 1. The highest BCUT2D eigenvalue weighted by Crippen LogP contribution is 2.32. The van der Waals surface area contributed by atoms with Crippen LogP contribution in [0.15, 0.2) is 18.2 Å². The van der Waals surface area contributed by atoms with Crippen molar-refractivity contribution < 1.29 is 4.74 Å². The van der Waals surface area contributed by atoms with Gasteiger partial charge in [0, 0.05) is 17.8 Å². The van der Waals surface area contributed by atoms with E-state index in [1.165, 1.54) is 42.6 Å². The molecule has 2 atom stereocenters. The molecule has 1 aliphatic carbocycles. The molecule has 106 valence electrons. The number of fused-ring (bicyclic) bond motifs is 1. The average molecular weight is 279 g/mol. The summed E-state index contributed by atoms with van der Waals surface area (Å²) in [5, 5.41) is 3.84. The smallest absolute Gasteiger partial charge is 0.119 e. The van der Waals surface area contributed by atoms with Gasteiger partial charge in [0.25, 0.3) is 0 Å². The minimum atomic E-state index is 0.520. The number of benzene rings is 1. The molecule has 0 spiro atoms. The number of nitrogens with one attached hydrogen (secondary N) is 1. The van der Waals surface area contributed by atoms with Crippen LogP contribution in [0, 0.1) is 0 Å². The monoisotopic (exact) mass is 279 g/mol.